The molecule has 0 fully saturated rings. The monoisotopic (exact) mass is 243 g/mol. The summed E-state index contributed by atoms with van der Waals surface area (Å²) in [6, 6.07) is 7.28. The molecule has 3 nitrogen and oxygen atoms in total. The molecule has 0 saturated carbocycles. The van der Waals surface area contributed by atoms with Gasteiger partial charge >= 0.3 is 5.97 Å². The van der Waals surface area contributed by atoms with Crippen LogP contribution in [-0.4, -0.2) is 12.6 Å². The highest BCUT2D eigenvalue weighted by molar-refractivity contribution is 5.85. The average molecular weight is 244 g/mol. The van der Waals surface area contributed by atoms with Crippen LogP contribution < -0.4 is 5.73 Å². The first-order valence-corrected chi connectivity index (χ1v) is 5.01. The molecule has 0 saturated heterocycles. The lowest BCUT2D eigenvalue weighted by Gasteiger charge is -2.22. The van der Waals surface area contributed by atoms with Crippen molar-refractivity contribution in [2.75, 3.05) is 12.3 Å². The van der Waals surface area contributed by atoms with Crippen LogP contribution in [0.2, 0.25) is 0 Å². The van der Waals surface area contributed by atoms with Crippen molar-refractivity contribution < 1.29 is 9.53 Å². The van der Waals surface area contributed by atoms with Crippen LogP contribution in [0.3, 0.4) is 0 Å². The minimum Gasteiger partial charge on any atom is -0.465 e. The molecule has 0 aliphatic rings. The maximum absolute atomic E-state index is 11.7. The van der Waals surface area contributed by atoms with Crippen LogP contribution >= 0.6 is 12.4 Å². The third-order valence-corrected chi connectivity index (χ3v) is 2.42. The van der Waals surface area contributed by atoms with Crippen LogP contribution in [-0.2, 0) is 14.9 Å². The Morgan fingerprint density at radius 3 is 2.25 bits per heavy atom. The van der Waals surface area contributed by atoms with Crippen LogP contribution in [0.1, 0.15) is 26.3 Å². The molecule has 0 atom stereocenters. The summed E-state index contributed by atoms with van der Waals surface area (Å²) in [5, 5.41) is 0. The maximum atomic E-state index is 11.7. The first-order chi connectivity index (χ1) is 6.98. The molecule has 1 aromatic rings. The number of carbonyl (C=O) groups is 1. The van der Waals surface area contributed by atoms with E-state index in [0.29, 0.717) is 12.3 Å². The zero-order chi connectivity index (χ0) is 11.5. The van der Waals surface area contributed by atoms with Crippen LogP contribution in [0.4, 0.5) is 5.69 Å². The number of nitrogen functional groups attached to an aromatic ring is 1. The Labute approximate surface area is 102 Å². The fraction of sp³-hybridized carbons (Fsp3) is 0.417. The minimum absolute atomic E-state index is 0. The summed E-state index contributed by atoms with van der Waals surface area (Å²) in [6.45, 7) is 5.89. The van der Waals surface area contributed by atoms with Crippen LogP contribution in [0, 0.1) is 0 Å². The lowest BCUT2D eigenvalue weighted by Crippen LogP contribution is -2.31. The van der Waals surface area contributed by atoms with Gasteiger partial charge in [-0.3, -0.25) is 4.79 Å². The van der Waals surface area contributed by atoms with E-state index < -0.39 is 5.41 Å². The molecule has 1 rings (SSSR count). The van der Waals surface area contributed by atoms with Crippen molar-refractivity contribution in [2.24, 2.45) is 0 Å². The number of benzene rings is 1. The van der Waals surface area contributed by atoms with Crippen LogP contribution in [0.15, 0.2) is 24.3 Å². The normalized spacial score (nSPS) is 10.4. The van der Waals surface area contributed by atoms with E-state index in [1.165, 1.54) is 0 Å². The Balaban J connectivity index is 0.00000225. The van der Waals surface area contributed by atoms with Crippen molar-refractivity contribution in [2.45, 2.75) is 26.2 Å². The highest BCUT2D eigenvalue weighted by Crippen LogP contribution is 2.25. The van der Waals surface area contributed by atoms with Crippen LogP contribution in [0.5, 0.6) is 0 Å². The fourth-order valence-corrected chi connectivity index (χ4v) is 1.33. The summed E-state index contributed by atoms with van der Waals surface area (Å²) in [4.78, 5) is 11.7. The molecular weight excluding hydrogens is 226 g/mol. The molecule has 0 aliphatic heterocycles. The lowest BCUT2D eigenvalue weighted by atomic mass is 9.85. The third kappa shape index (κ3) is 3.14. The standard InChI is InChI=1S/C12H17NO2.ClH/c1-4-15-11(14)12(2,3)9-5-7-10(13)8-6-9;/h5-8H,4,13H2,1-3H3;1H. The molecule has 0 radical (unpaired) electrons. The summed E-state index contributed by atoms with van der Waals surface area (Å²) in [7, 11) is 0. The van der Waals surface area contributed by atoms with Gasteiger partial charge in [-0.05, 0) is 38.5 Å². The number of ether oxygens (including phenoxy) is 1. The van der Waals surface area contributed by atoms with E-state index in [1.54, 1.807) is 19.1 Å². The largest absolute Gasteiger partial charge is 0.465 e. The lowest BCUT2D eigenvalue weighted by molar-refractivity contribution is -0.148. The highest BCUT2D eigenvalue weighted by atomic mass is 35.5. The molecule has 0 aromatic heterocycles. The summed E-state index contributed by atoms with van der Waals surface area (Å²) in [5.41, 5.74) is 6.57. The van der Waals surface area contributed by atoms with Crippen LogP contribution in [0.25, 0.3) is 0 Å². The number of anilines is 1. The van der Waals surface area contributed by atoms with Gasteiger partial charge in [0.1, 0.15) is 0 Å². The second kappa shape index (κ2) is 5.75. The highest BCUT2D eigenvalue weighted by Gasteiger charge is 2.30. The molecule has 0 bridgehead atoms. The zero-order valence-corrected chi connectivity index (χ0v) is 10.6. The molecule has 0 aliphatic carbocycles. The Kier molecular flexibility index (Phi) is 5.31. The summed E-state index contributed by atoms with van der Waals surface area (Å²) >= 11 is 0. The van der Waals surface area contributed by atoms with E-state index in [-0.39, 0.29) is 18.4 Å². The Morgan fingerprint density at radius 2 is 1.81 bits per heavy atom. The van der Waals surface area contributed by atoms with E-state index in [2.05, 4.69) is 0 Å². The molecule has 90 valence electrons. The second-order valence-electron chi connectivity index (χ2n) is 3.97. The quantitative estimate of drug-likeness (QED) is 0.656. The molecule has 0 unspecified atom stereocenters. The van der Waals surface area contributed by atoms with Gasteiger partial charge in [0.2, 0.25) is 0 Å². The van der Waals surface area contributed by atoms with Crippen molar-refractivity contribution in [3.63, 3.8) is 0 Å². The number of hydrogen-bond donors (Lipinski definition) is 1. The molecule has 2 N–H and O–H groups in total. The number of nitrogens with two attached hydrogens (primary N) is 1. The number of carbonyl (C=O) groups excluding carboxylic acids is 1. The third-order valence-electron chi connectivity index (χ3n) is 2.42. The van der Waals surface area contributed by atoms with Gasteiger partial charge in [-0.25, -0.2) is 0 Å². The van der Waals surface area contributed by atoms with Gasteiger partial charge in [0.15, 0.2) is 0 Å². The molecule has 0 amide bonds. The maximum Gasteiger partial charge on any atom is 0.315 e. The summed E-state index contributed by atoms with van der Waals surface area (Å²) in [6.07, 6.45) is 0. The summed E-state index contributed by atoms with van der Waals surface area (Å²) < 4.78 is 5.02. The van der Waals surface area contributed by atoms with E-state index in [9.17, 15) is 4.79 Å². The SMILES string of the molecule is CCOC(=O)C(C)(C)c1ccc(N)cc1.Cl. The molecule has 4 heteroatoms. The predicted octanol–water partition coefficient (Wildman–Crippen LogP) is 2.53. The zero-order valence-electron chi connectivity index (χ0n) is 9.82. The van der Waals surface area contributed by atoms with Crippen molar-refractivity contribution in [3.05, 3.63) is 29.8 Å². The second-order valence-corrected chi connectivity index (χ2v) is 3.97. The van der Waals surface area contributed by atoms with Gasteiger partial charge in [0.25, 0.3) is 0 Å². The first kappa shape index (κ1) is 14.8. The molecule has 16 heavy (non-hydrogen) atoms. The molecule has 0 heterocycles. The van der Waals surface area contributed by atoms with Gasteiger partial charge in [-0.15, -0.1) is 12.4 Å². The topological polar surface area (TPSA) is 52.3 Å². The summed E-state index contributed by atoms with van der Waals surface area (Å²) in [5.74, 6) is -0.213. The van der Waals surface area contributed by atoms with E-state index in [1.807, 2.05) is 26.0 Å². The first-order valence-electron chi connectivity index (χ1n) is 5.01. The minimum atomic E-state index is -0.621. The van der Waals surface area contributed by atoms with Gasteiger partial charge in [0, 0.05) is 5.69 Å². The van der Waals surface area contributed by atoms with Crippen molar-refractivity contribution in [1.82, 2.24) is 0 Å². The van der Waals surface area contributed by atoms with E-state index in [4.69, 9.17) is 10.5 Å². The van der Waals surface area contributed by atoms with E-state index in [0.717, 1.165) is 5.56 Å². The van der Waals surface area contributed by atoms with Gasteiger partial charge in [-0.2, -0.15) is 0 Å². The smallest absolute Gasteiger partial charge is 0.315 e. The predicted molar refractivity (Wildman–Crippen MR) is 67.8 cm³/mol. The van der Waals surface area contributed by atoms with Gasteiger partial charge < -0.3 is 10.5 Å². The Hall–Kier alpha value is -1.22. The van der Waals surface area contributed by atoms with Crippen molar-refractivity contribution in [1.29, 1.82) is 0 Å². The molecule has 1 aromatic carbocycles. The van der Waals surface area contributed by atoms with E-state index >= 15 is 0 Å². The number of esters is 1. The Bertz CT molecular complexity index is 347. The molecular formula is C12H18ClNO2. The van der Waals surface area contributed by atoms with Crippen molar-refractivity contribution >= 4 is 24.1 Å². The van der Waals surface area contributed by atoms with Gasteiger partial charge in [0.05, 0.1) is 12.0 Å². The number of rotatable bonds is 3. The Morgan fingerprint density at radius 1 is 1.31 bits per heavy atom. The van der Waals surface area contributed by atoms with Gasteiger partial charge in [-0.1, -0.05) is 12.1 Å². The number of halogens is 1. The average Bonchev–Trinajstić information content (AvgIpc) is 2.18. The van der Waals surface area contributed by atoms with Crippen molar-refractivity contribution in [3.8, 4) is 0 Å². The fourth-order valence-electron chi connectivity index (χ4n) is 1.33. The number of hydrogen-bond acceptors (Lipinski definition) is 3. The molecule has 0 spiro atoms.